The highest BCUT2D eigenvalue weighted by atomic mass is 15.4. The van der Waals surface area contributed by atoms with Crippen molar-refractivity contribution in [2.75, 3.05) is 0 Å². The molecule has 0 aromatic carbocycles. The van der Waals surface area contributed by atoms with Crippen LogP contribution in [0.15, 0.2) is 29.6 Å². The average Bonchev–Trinajstić information content (AvgIpc) is 2.62. The normalized spacial score (nSPS) is 11.8. The highest BCUT2D eigenvalue weighted by molar-refractivity contribution is 5.98. The number of rotatable bonds is 2. The fourth-order valence-corrected chi connectivity index (χ4v) is 1.39. The van der Waals surface area contributed by atoms with E-state index in [2.05, 4.69) is 20.3 Å². The monoisotopic (exact) mass is 215 g/mol. The molecule has 0 aliphatic heterocycles. The molecule has 5 nitrogen and oxygen atoms in total. The third-order valence-corrected chi connectivity index (χ3v) is 2.28. The number of aryl methyl sites for hydroxylation is 2. The van der Waals surface area contributed by atoms with Crippen LogP contribution in [0.5, 0.6) is 0 Å². The van der Waals surface area contributed by atoms with Gasteiger partial charge in [-0.2, -0.15) is 5.10 Å². The van der Waals surface area contributed by atoms with Crippen LogP contribution in [0.1, 0.15) is 24.1 Å². The molecule has 0 amide bonds. The standard InChI is InChI=1S/C11H13N5/c1-8(11-5-4-6-12-7-11)15-16-9(2)13-14-10(16)3/h4-7H,1-3H3/b15-8+. The summed E-state index contributed by atoms with van der Waals surface area (Å²) in [5, 5.41) is 12.4. The lowest BCUT2D eigenvalue weighted by molar-refractivity contribution is 0.793. The van der Waals surface area contributed by atoms with Crippen LogP contribution in [-0.4, -0.2) is 25.6 Å². The van der Waals surface area contributed by atoms with Crippen LogP contribution in [0.2, 0.25) is 0 Å². The number of pyridine rings is 1. The van der Waals surface area contributed by atoms with Crippen LogP contribution in [0, 0.1) is 13.8 Å². The third-order valence-electron chi connectivity index (χ3n) is 2.28. The predicted molar refractivity (Wildman–Crippen MR) is 61.3 cm³/mol. The fraction of sp³-hybridized carbons (Fsp3) is 0.273. The minimum absolute atomic E-state index is 0.778. The Balaban J connectivity index is 2.39. The van der Waals surface area contributed by atoms with Crippen molar-refractivity contribution in [2.24, 2.45) is 5.10 Å². The van der Waals surface area contributed by atoms with E-state index in [9.17, 15) is 0 Å². The molecule has 0 aliphatic rings. The molecular weight excluding hydrogens is 202 g/mol. The van der Waals surface area contributed by atoms with Crippen molar-refractivity contribution in [3.05, 3.63) is 41.7 Å². The van der Waals surface area contributed by atoms with E-state index in [4.69, 9.17) is 0 Å². The molecule has 0 spiro atoms. The van der Waals surface area contributed by atoms with Gasteiger partial charge < -0.3 is 0 Å². The van der Waals surface area contributed by atoms with E-state index in [0.717, 1.165) is 22.9 Å². The number of nitrogens with zero attached hydrogens (tertiary/aromatic N) is 5. The largest absolute Gasteiger partial charge is 0.264 e. The molecule has 0 N–H and O–H groups in total. The first-order valence-electron chi connectivity index (χ1n) is 5.03. The van der Waals surface area contributed by atoms with Crippen molar-refractivity contribution >= 4 is 5.71 Å². The third kappa shape index (κ3) is 1.98. The molecule has 0 aliphatic carbocycles. The van der Waals surface area contributed by atoms with Gasteiger partial charge in [0, 0.05) is 18.0 Å². The zero-order valence-corrected chi connectivity index (χ0v) is 9.55. The number of hydrogen-bond donors (Lipinski definition) is 0. The summed E-state index contributed by atoms with van der Waals surface area (Å²) in [5.74, 6) is 1.56. The van der Waals surface area contributed by atoms with E-state index in [1.165, 1.54) is 0 Å². The van der Waals surface area contributed by atoms with Crippen molar-refractivity contribution in [1.82, 2.24) is 19.9 Å². The Labute approximate surface area is 93.9 Å². The van der Waals surface area contributed by atoms with E-state index in [0.29, 0.717) is 0 Å². The molecule has 0 bridgehead atoms. The van der Waals surface area contributed by atoms with Gasteiger partial charge in [-0.3, -0.25) is 4.98 Å². The van der Waals surface area contributed by atoms with Gasteiger partial charge in [-0.1, -0.05) is 6.07 Å². The molecule has 2 aromatic rings. The summed E-state index contributed by atoms with van der Waals surface area (Å²) in [6, 6.07) is 3.86. The van der Waals surface area contributed by atoms with Gasteiger partial charge in [-0.15, -0.1) is 10.2 Å². The zero-order valence-electron chi connectivity index (χ0n) is 9.55. The molecule has 5 heteroatoms. The van der Waals surface area contributed by atoms with Crippen molar-refractivity contribution in [1.29, 1.82) is 0 Å². The summed E-state index contributed by atoms with van der Waals surface area (Å²) in [4.78, 5) is 4.06. The molecule has 0 fully saturated rings. The Morgan fingerprint density at radius 1 is 1.25 bits per heavy atom. The first kappa shape index (κ1) is 10.5. The molecule has 0 saturated heterocycles. The van der Waals surface area contributed by atoms with E-state index in [-0.39, 0.29) is 0 Å². The van der Waals surface area contributed by atoms with Gasteiger partial charge in [0.2, 0.25) is 0 Å². The summed E-state index contributed by atoms with van der Waals surface area (Å²) in [6.07, 6.45) is 3.53. The van der Waals surface area contributed by atoms with Crippen molar-refractivity contribution in [2.45, 2.75) is 20.8 Å². The van der Waals surface area contributed by atoms with E-state index >= 15 is 0 Å². The summed E-state index contributed by atoms with van der Waals surface area (Å²) in [5.41, 5.74) is 1.88. The van der Waals surface area contributed by atoms with Crippen molar-refractivity contribution in [3.8, 4) is 0 Å². The second-order valence-corrected chi connectivity index (χ2v) is 3.53. The highest BCUT2D eigenvalue weighted by Crippen LogP contribution is 2.03. The highest BCUT2D eigenvalue weighted by Gasteiger charge is 2.04. The Morgan fingerprint density at radius 2 is 1.94 bits per heavy atom. The van der Waals surface area contributed by atoms with Gasteiger partial charge in [0.1, 0.15) is 0 Å². The van der Waals surface area contributed by atoms with Gasteiger partial charge in [0.15, 0.2) is 11.6 Å². The predicted octanol–water partition coefficient (Wildman–Crippen LogP) is 1.56. The number of aromatic nitrogens is 4. The molecule has 0 atom stereocenters. The van der Waals surface area contributed by atoms with E-state index < -0.39 is 0 Å². The molecule has 16 heavy (non-hydrogen) atoms. The summed E-state index contributed by atoms with van der Waals surface area (Å²) in [6.45, 7) is 5.69. The van der Waals surface area contributed by atoms with Crippen LogP contribution in [0.4, 0.5) is 0 Å². The van der Waals surface area contributed by atoms with E-state index in [1.54, 1.807) is 17.1 Å². The molecule has 0 radical (unpaired) electrons. The molecule has 0 saturated carbocycles. The Morgan fingerprint density at radius 3 is 2.50 bits per heavy atom. The van der Waals surface area contributed by atoms with Crippen molar-refractivity contribution in [3.63, 3.8) is 0 Å². The first-order valence-corrected chi connectivity index (χ1v) is 5.03. The maximum atomic E-state index is 4.46. The van der Waals surface area contributed by atoms with Gasteiger partial charge in [0.25, 0.3) is 0 Å². The molecule has 82 valence electrons. The fourth-order valence-electron chi connectivity index (χ4n) is 1.39. The summed E-state index contributed by atoms with van der Waals surface area (Å²) < 4.78 is 1.72. The Hall–Kier alpha value is -2.04. The minimum Gasteiger partial charge on any atom is -0.264 e. The SMILES string of the molecule is C/C(=N\n1c(C)nnc1C)c1cccnc1. The lowest BCUT2D eigenvalue weighted by atomic mass is 10.2. The van der Waals surface area contributed by atoms with Crippen LogP contribution in [0.25, 0.3) is 0 Å². The second kappa shape index (κ2) is 4.22. The van der Waals surface area contributed by atoms with Crippen LogP contribution < -0.4 is 0 Å². The molecular formula is C11H13N5. The second-order valence-electron chi connectivity index (χ2n) is 3.53. The molecule has 2 aromatic heterocycles. The molecule has 0 unspecified atom stereocenters. The van der Waals surface area contributed by atoms with Gasteiger partial charge in [-0.25, -0.2) is 4.68 Å². The Bertz CT molecular complexity index is 493. The lowest BCUT2D eigenvalue weighted by Gasteiger charge is -2.02. The lowest BCUT2D eigenvalue weighted by Crippen LogP contribution is -2.02. The molecule has 2 heterocycles. The maximum Gasteiger partial charge on any atom is 0.151 e. The van der Waals surface area contributed by atoms with Crippen LogP contribution >= 0.6 is 0 Å². The molecule has 2 rings (SSSR count). The van der Waals surface area contributed by atoms with Gasteiger partial charge in [-0.05, 0) is 26.8 Å². The average molecular weight is 215 g/mol. The summed E-state index contributed by atoms with van der Waals surface area (Å²) in [7, 11) is 0. The maximum absolute atomic E-state index is 4.46. The van der Waals surface area contributed by atoms with Crippen LogP contribution in [0.3, 0.4) is 0 Å². The topological polar surface area (TPSA) is 56.0 Å². The number of hydrogen-bond acceptors (Lipinski definition) is 4. The smallest absolute Gasteiger partial charge is 0.151 e. The quantitative estimate of drug-likeness (QED) is 0.714. The summed E-state index contributed by atoms with van der Waals surface area (Å²) >= 11 is 0. The van der Waals surface area contributed by atoms with Gasteiger partial charge in [0.05, 0.1) is 5.71 Å². The first-order chi connectivity index (χ1) is 7.68. The minimum atomic E-state index is 0.778. The van der Waals surface area contributed by atoms with Gasteiger partial charge >= 0.3 is 0 Å². The van der Waals surface area contributed by atoms with E-state index in [1.807, 2.05) is 32.9 Å². The van der Waals surface area contributed by atoms with Crippen molar-refractivity contribution < 1.29 is 0 Å². The van der Waals surface area contributed by atoms with Crippen LogP contribution in [-0.2, 0) is 0 Å². The Kier molecular flexibility index (Phi) is 2.76. The zero-order chi connectivity index (χ0) is 11.5.